The lowest BCUT2D eigenvalue weighted by Crippen LogP contribution is -2.54. The summed E-state index contributed by atoms with van der Waals surface area (Å²) in [5, 5.41) is 6.69. The molecule has 3 nitrogen and oxygen atoms in total. The van der Waals surface area contributed by atoms with E-state index in [2.05, 4.69) is 31.4 Å². The van der Waals surface area contributed by atoms with E-state index >= 15 is 0 Å². The van der Waals surface area contributed by atoms with E-state index in [0.29, 0.717) is 5.11 Å². The van der Waals surface area contributed by atoms with Gasteiger partial charge in [0.25, 0.3) is 0 Å². The van der Waals surface area contributed by atoms with Crippen molar-refractivity contribution in [2.24, 2.45) is 23.2 Å². The van der Waals surface area contributed by atoms with Gasteiger partial charge >= 0.3 is 0 Å². The zero-order chi connectivity index (χ0) is 15.3. The average Bonchev–Trinajstić information content (AvgIpc) is 2.53. The molecular weight excluding hydrogens is 280 g/mol. The predicted molar refractivity (Wildman–Crippen MR) is 88.9 cm³/mol. The Bertz CT molecular complexity index is 438. The molecule has 2 atom stereocenters. The van der Waals surface area contributed by atoms with Crippen LogP contribution in [-0.4, -0.2) is 16.6 Å². The second-order valence-corrected chi connectivity index (χ2v) is 9.11. The second-order valence-electron chi connectivity index (χ2n) is 8.70. The Kier molecular flexibility index (Phi) is 3.79. The van der Waals surface area contributed by atoms with Gasteiger partial charge in [0.05, 0.1) is 5.41 Å². The molecule has 0 radical (unpaired) electrons. The Morgan fingerprint density at radius 3 is 2.10 bits per heavy atom. The quantitative estimate of drug-likeness (QED) is 0.730. The van der Waals surface area contributed by atoms with E-state index in [1.807, 2.05) is 0 Å². The lowest BCUT2D eigenvalue weighted by Gasteiger charge is -2.47. The normalized spacial score (nSPS) is 38.0. The largest absolute Gasteiger partial charge is 0.358 e. The molecule has 0 heterocycles. The average molecular weight is 308 g/mol. The number of rotatable bonds is 1. The molecule has 4 fully saturated rings. The van der Waals surface area contributed by atoms with Crippen LogP contribution in [0.1, 0.15) is 65.7 Å². The fraction of sp³-hybridized carbons (Fsp3) is 0.882. The third-order valence-electron chi connectivity index (χ3n) is 5.55. The molecule has 4 aliphatic rings. The Hall–Kier alpha value is -0.640. The van der Waals surface area contributed by atoms with Crippen molar-refractivity contribution in [1.82, 2.24) is 10.6 Å². The highest BCUT2D eigenvalue weighted by Gasteiger charge is 2.52. The Morgan fingerprint density at radius 1 is 1.05 bits per heavy atom. The van der Waals surface area contributed by atoms with Crippen LogP contribution in [0.4, 0.5) is 0 Å². The summed E-state index contributed by atoms with van der Waals surface area (Å²) in [6, 6.07) is 0. The van der Waals surface area contributed by atoms with Crippen LogP contribution in [0.5, 0.6) is 0 Å². The summed E-state index contributed by atoms with van der Waals surface area (Å²) in [4.78, 5) is 12.9. The minimum absolute atomic E-state index is 0.108. The molecule has 0 aromatic heterocycles. The van der Waals surface area contributed by atoms with Crippen LogP contribution in [0.15, 0.2) is 0 Å². The summed E-state index contributed by atoms with van der Waals surface area (Å²) in [6.07, 6.45) is 8.64. The van der Waals surface area contributed by atoms with Gasteiger partial charge in [0.1, 0.15) is 0 Å². The number of carbonyl (C=O) groups is 1. The molecule has 0 aromatic rings. The Balaban J connectivity index is 1.70. The molecular formula is C17H28N2OS. The van der Waals surface area contributed by atoms with Gasteiger partial charge in [-0.25, -0.2) is 0 Å². The number of amides is 1. The maximum atomic E-state index is 12.9. The Morgan fingerprint density at radius 2 is 1.57 bits per heavy atom. The summed E-state index contributed by atoms with van der Waals surface area (Å²) < 4.78 is 0. The van der Waals surface area contributed by atoms with Crippen molar-refractivity contribution in [3.05, 3.63) is 0 Å². The van der Waals surface area contributed by atoms with Crippen LogP contribution in [-0.2, 0) is 4.79 Å². The predicted octanol–water partition coefficient (Wildman–Crippen LogP) is 3.38. The van der Waals surface area contributed by atoms with Crippen molar-refractivity contribution in [3.8, 4) is 0 Å². The molecule has 21 heavy (non-hydrogen) atoms. The first kappa shape index (κ1) is 15.3. The summed E-state index contributed by atoms with van der Waals surface area (Å²) in [5.74, 6) is 2.50. The molecule has 2 N–H and O–H groups in total. The van der Waals surface area contributed by atoms with Gasteiger partial charge in [0.2, 0.25) is 5.91 Å². The van der Waals surface area contributed by atoms with Gasteiger partial charge in [-0.3, -0.25) is 4.79 Å². The number of hydrogen-bond acceptors (Lipinski definition) is 2. The van der Waals surface area contributed by atoms with Gasteiger partial charge in [0.15, 0.2) is 5.11 Å². The molecule has 0 spiro atoms. The van der Waals surface area contributed by atoms with Crippen molar-refractivity contribution >= 4 is 23.2 Å². The molecule has 4 aliphatic carbocycles. The number of fused-ring (bicyclic) bond motifs is 1. The first-order valence-corrected chi connectivity index (χ1v) is 8.80. The Labute approximate surface area is 133 Å². The zero-order valence-electron chi connectivity index (χ0n) is 13.5. The second kappa shape index (κ2) is 5.22. The summed E-state index contributed by atoms with van der Waals surface area (Å²) in [7, 11) is 0. The summed E-state index contributed by atoms with van der Waals surface area (Å²) >= 11 is 5.32. The van der Waals surface area contributed by atoms with Crippen molar-refractivity contribution < 1.29 is 4.79 Å². The third-order valence-corrected chi connectivity index (χ3v) is 5.76. The number of hydrogen-bond donors (Lipinski definition) is 2. The molecule has 4 heteroatoms. The van der Waals surface area contributed by atoms with Crippen LogP contribution in [0.2, 0.25) is 0 Å². The van der Waals surface area contributed by atoms with Crippen LogP contribution >= 0.6 is 12.2 Å². The van der Waals surface area contributed by atoms with E-state index in [-0.39, 0.29) is 16.9 Å². The molecule has 118 valence electrons. The van der Waals surface area contributed by atoms with Gasteiger partial charge < -0.3 is 10.6 Å². The van der Waals surface area contributed by atoms with E-state index in [0.717, 1.165) is 37.0 Å². The van der Waals surface area contributed by atoms with Gasteiger partial charge in [-0.1, -0.05) is 12.8 Å². The topological polar surface area (TPSA) is 41.1 Å². The van der Waals surface area contributed by atoms with Gasteiger partial charge in [-0.05, 0) is 82.8 Å². The maximum Gasteiger partial charge on any atom is 0.232 e. The fourth-order valence-electron chi connectivity index (χ4n) is 5.08. The fourth-order valence-corrected chi connectivity index (χ4v) is 5.48. The van der Waals surface area contributed by atoms with Crippen molar-refractivity contribution in [2.75, 3.05) is 0 Å². The van der Waals surface area contributed by atoms with E-state index in [1.54, 1.807) is 0 Å². The molecule has 0 saturated heterocycles. The molecule has 0 aliphatic heterocycles. The van der Waals surface area contributed by atoms with Crippen molar-refractivity contribution in [1.29, 1.82) is 0 Å². The monoisotopic (exact) mass is 308 g/mol. The lowest BCUT2D eigenvalue weighted by atomic mass is 9.58. The number of thiocarbonyl (C=S) groups is 1. The van der Waals surface area contributed by atoms with E-state index < -0.39 is 0 Å². The third kappa shape index (κ3) is 3.25. The standard InChI is InChI=1S/C17H28N2OS/c1-16(2,3)19-15(21)18-14(20)17-8-11-4-5-12(9-17)7-13(6-11)10-17/h11-13H,4-10H2,1-3H3,(H2,18,19,20,21)/t11-,12-,13?,17?/m0/s1. The molecule has 0 unspecified atom stereocenters. The minimum atomic E-state index is -0.128. The zero-order valence-corrected chi connectivity index (χ0v) is 14.3. The van der Waals surface area contributed by atoms with E-state index in [1.165, 1.54) is 25.7 Å². The highest BCUT2D eigenvalue weighted by atomic mass is 32.1. The van der Waals surface area contributed by atoms with Crippen LogP contribution in [0.25, 0.3) is 0 Å². The summed E-state index contributed by atoms with van der Waals surface area (Å²) in [5.41, 5.74) is -0.237. The number of carbonyl (C=O) groups excluding carboxylic acids is 1. The smallest absolute Gasteiger partial charge is 0.232 e. The molecule has 4 bridgehead atoms. The first-order valence-electron chi connectivity index (χ1n) is 8.39. The van der Waals surface area contributed by atoms with Crippen LogP contribution in [0.3, 0.4) is 0 Å². The SMILES string of the molecule is CC(C)(C)NC(=S)NC(=O)C12CC3C[C@H](CC[C@@H](C3)C1)C2. The van der Waals surface area contributed by atoms with Crippen LogP contribution < -0.4 is 10.6 Å². The van der Waals surface area contributed by atoms with Crippen LogP contribution in [0, 0.1) is 23.2 Å². The van der Waals surface area contributed by atoms with Gasteiger partial charge in [-0.15, -0.1) is 0 Å². The van der Waals surface area contributed by atoms with Crippen molar-refractivity contribution in [3.63, 3.8) is 0 Å². The minimum Gasteiger partial charge on any atom is -0.358 e. The first-order chi connectivity index (χ1) is 9.76. The maximum absolute atomic E-state index is 12.9. The molecule has 4 saturated carbocycles. The number of nitrogens with one attached hydrogen (secondary N) is 2. The molecule has 4 rings (SSSR count). The highest BCUT2D eigenvalue weighted by molar-refractivity contribution is 7.80. The van der Waals surface area contributed by atoms with Gasteiger partial charge in [0, 0.05) is 5.54 Å². The molecule has 1 amide bonds. The molecule has 0 aromatic carbocycles. The van der Waals surface area contributed by atoms with E-state index in [9.17, 15) is 4.79 Å². The van der Waals surface area contributed by atoms with Gasteiger partial charge in [-0.2, -0.15) is 0 Å². The van der Waals surface area contributed by atoms with Crippen molar-refractivity contribution in [2.45, 2.75) is 71.3 Å². The lowest BCUT2D eigenvalue weighted by molar-refractivity contribution is -0.137. The highest BCUT2D eigenvalue weighted by Crippen LogP contribution is 2.57. The van der Waals surface area contributed by atoms with E-state index in [4.69, 9.17) is 12.2 Å². The summed E-state index contributed by atoms with van der Waals surface area (Å²) in [6.45, 7) is 6.17.